The second kappa shape index (κ2) is 6.31. The highest BCUT2D eigenvalue weighted by Gasteiger charge is 2.62. The molecule has 0 spiro atoms. The number of ether oxygens (including phenoxy) is 2. The number of methoxy groups -OCH3 is 2. The summed E-state index contributed by atoms with van der Waals surface area (Å²) >= 11 is 0. The number of hydrogen-bond acceptors (Lipinski definition) is 4. The molecule has 0 aromatic rings. The first-order chi connectivity index (χ1) is 9.45. The number of alkyl halides is 5. The maximum Gasteiger partial charge on any atom is 0.405 e. The van der Waals surface area contributed by atoms with Gasteiger partial charge in [0.2, 0.25) is 0 Å². The summed E-state index contributed by atoms with van der Waals surface area (Å²) in [7, 11) is 2.58. The summed E-state index contributed by atoms with van der Waals surface area (Å²) in [6.07, 6.45) is -8.43. The molecule has 1 saturated heterocycles. The number of rotatable bonds is 6. The molecule has 0 amide bonds. The first-order valence-corrected chi connectivity index (χ1v) is 6.46. The summed E-state index contributed by atoms with van der Waals surface area (Å²) in [6, 6.07) is -2.23. The minimum Gasteiger partial charge on any atom is -0.383 e. The van der Waals surface area contributed by atoms with Crippen LogP contribution in [0.5, 0.6) is 0 Å². The van der Waals surface area contributed by atoms with Gasteiger partial charge in [0.1, 0.15) is 6.04 Å². The summed E-state index contributed by atoms with van der Waals surface area (Å²) < 4.78 is 77.2. The lowest BCUT2D eigenvalue weighted by Gasteiger charge is -2.34. The van der Waals surface area contributed by atoms with Gasteiger partial charge in [-0.05, 0) is 13.8 Å². The molecule has 1 unspecified atom stereocenters. The molecule has 1 rings (SSSR count). The largest absolute Gasteiger partial charge is 0.405 e. The van der Waals surface area contributed by atoms with E-state index in [4.69, 9.17) is 4.74 Å². The number of hydrogen-bond donors (Lipinski definition) is 0. The van der Waals surface area contributed by atoms with Gasteiger partial charge >= 0.3 is 12.3 Å². The molecule has 0 aromatic heterocycles. The molecule has 9 heteroatoms. The van der Waals surface area contributed by atoms with E-state index >= 15 is 0 Å². The third kappa shape index (κ3) is 4.24. The van der Waals surface area contributed by atoms with Gasteiger partial charge in [0.15, 0.2) is 0 Å². The van der Waals surface area contributed by atoms with Crippen molar-refractivity contribution in [3.63, 3.8) is 0 Å². The highest BCUT2D eigenvalue weighted by molar-refractivity contribution is 4.95. The van der Waals surface area contributed by atoms with Crippen molar-refractivity contribution in [1.82, 2.24) is 9.80 Å². The van der Waals surface area contributed by atoms with Crippen LogP contribution in [-0.4, -0.2) is 74.3 Å². The Morgan fingerprint density at radius 3 is 2.19 bits per heavy atom. The zero-order valence-electron chi connectivity index (χ0n) is 12.5. The molecule has 1 fully saturated rings. The van der Waals surface area contributed by atoms with Crippen molar-refractivity contribution in [1.29, 1.82) is 0 Å². The van der Waals surface area contributed by atoms with E-state index in [0.29, 0.717) is 4.90 Å². The maximum absolute atomic E-state index is 14.3. The van der Waals surface area contributed by atoms with E-state index in [1.807, 2.05) is 0 Å². The van der Waals surface area contributed by atoms with E-state index in [1.54, 1.807) is 13.8 Å². The minimum absolute atomic E-state index is 0.141. The van der Waals surface area contributed by atoms with Gasteiger partial charge in [-0.25, -0.2) is 9.80 Å². The van der Waals surface area contributed by atoms with Crippen LogP contribution >= 0.6 is 0 Å². The third-order valence-corrected chi connectivity index (χ3v) is 3.53. The minimum atomic E-state index is -4.73. The molecule has 0 bridgehead atoms. The molecular formula is C12H21F5N2O2. The zero-order valence-corrected chi connectivity index (χ0v) is 12.5. The Balaban J connectivity index is 2.98. The van der Waals surface area contributed by atoms with Crippen LogP contribution in [0, 0.1) is 0 Å². The summed E-state index contributed by atoms with van der Waals surface area (Å²) in [5, 5.41) is 0. The topological polar surface area (TPSA) is 24.9 Å². The Hall–Kier alpha value is -0.510. The molecule has 1 aliphatic heterocycles. The molecule has 0 N–H and O–H groups in total. The second-order valence-corrected chi connectivity index (χ2v) is 5.60. The van der Waals surface area contributed by atoms with Crippen LogP contribution in [0.15, 0.2) is 0 Å². The van der Waals surface area contributed by atoms with Gasteiger partial charge in [0, 0.05) is 33.9 Å². The zero-order chi connectivity index (χ0) is 16.5. The fourth-order valence-corrected chi connectivity index (χ4v) is 2.23. The second-order valence-electron chi connectivity index (χ2n) is 5.60. The average molecular weight is 320 g/mol. The Morgan fingerprint density at radius 1 is 1.19 bits per heavy atom. The Labute approximate surface area is 120 Å². The fourth-order valence-electron chi connectivity index (χ4n) is 2.23. The molecule has 0 radical (unpaired) electrons. The predicted octanol–water partition coefficient (Wildman–Crippen LogP) is 2.16. The maximum atomic E-state index is 14.3. The van der Waals surface area contributed by atoms with Crippen molar-refractivity contribution in [2.75, 3.05) is 40.5 Å². The van der Waals surface area contributed by atoms with Gasteiger partial charge < -0.3 is 9.47 Å². The third-order valence-electron chi connectivity index (χ3n) is 3.53. The van der Waals surface area contributed by atoms with Crippen LogP contribution in [0.25, 0.3) is 0 Å². The molecule has 0 aromatic carbocycles. The van der Waals surface area contributed by atoms with Gasteiger partial charge in [0.05, 0.1) is 12.2 Å². The van der Waals surface area contributed by atoms with Crippen molar-refractivity contribution in [3.05, 3.63) is 0 Å². The lowest BCUT2D eigenvalue weighted by atomic mass is 10.1. The van der Waals surface area contributed by atoms with Crippen molar-refractivity contribution in [2.24, 2.45) is 0 Å². The van der Waals surface area contributed by atoms with E-state index in [9.17, 15) is 22.0 Å². The summed E-state index contributed by atoms with van der Waals surface area (Å²) in [5.74, 6) is 0. The Kier molecular flexibility index (Phi) is 5.57. The first kappa shape index (κ1) is 18.5. The summed E-state index contributed by atoms with van der Waals surface area (Å²) in [6.45, 7) is 1.27. The Bertz CT molecular complexity index is 349. The van der Waals surface area contributed by atoms with Gasteiger partial charge in [-0.2, -0.15) is 22.0 Å². The Morgan fingerprint density at radius 2 is 1.76 bits per heavy atom. The van der Waals surface area contributed by atoms with Crippen LogP contribution in [0.4, 0.5) is 22.0 Å². The van der Waals surface area contributed by atoms with Crippen molar-refractivity contribution in [2.45, 2.75) is 37.8 Å². The van der Waals surface area contributed by atoms with E-state index < -0.39 is 37.1 Å². The van der Waals surface area contributed by atoms with Gasteiger partial charge in [-0.3, -0.25) is 0 Å². The highest BCUT2D eigenvalue weighted by atomic mass is 19.4. The molecule has 1 atom stereocenters. The van der Waals surface area contributed by atoms with E-state index in [2.05, 4.69) is 4.74 Å². The van der Waals surface area contributed by atoms with Crippen LogP contribution in [0.2, 0.25) is 0 Å². The van der Waals surface area contributed by atoms with Gasteiger partial charge in [0.25, 0.3) is 0 Å². The van der Waals surface area contributed by atoms with Crippen molar-refractivity contribution >= 4 is 0 Å². The van der Waals surface area contributed by atoms with Gasteiger partial charge in [-0.1, -0.05) is 0 Å². The number of halogens is 5. The summed E-state index contributed by atoms with van der Waals surface area (Å²) in [5.41, 5.74) is -0.975. The van der Waals surface area contributed by atoms with Crippen LogP contribution in [0.1, 0.15) is 13.8 Å². The van der Waals surface area contributed by atoms with E-state index in [1.165, 1.54) is 14.2 Å². The molecule has 4 nitrogen and oxygen atoms in total. The lowest BCUT2D eigenvalue weighted by Crippen LogP contribution is -2.53. The van der Waals surface area contributed by atoms with E-state index in [0.717, 1.165) is 0 Å². The van der Waals surface area contributed by atoms with E-state index in [-0.39, 0.29) is 18.1 Å². The molecule has 0 aliphatic carbocycles. The monoisotopic (exact) mass is 320 g/mol. The summed E-state index contributed by atoms with van der Waals surface area (Å²) in [4.78, 5) is 0.645. The molecular weight excluding hydrogens is 299 g/mol. The highest BCUT2D eigenvalue weighted by Crippen LogP contribution is 2.41. The average Bonchev–Trinajstić information content (AvgIpc) is 2.58. The van der Waals surface area contributed by atoms with Crippen molar-refractivity contribution in [3.8, 4) is 0 Å². The predicted molar refractivity (Wildman–Crippen MR) is 66.0 cm³/mol. The quantitative estimate of drug-likeness (QED) is 0.553. The smallest absolute Gasteiger partial charge is 0.383 e. The molecule has 126 valence electrons. The number of nitrogens with zero attached hydrogens (tertiary/aromatic N) is 2. The lowest BCUT2D eigenvalue weighted by molar-refractivity contribution is -0.253. The standard InChI is InChI=1S/C12H21F5N2O2/c1-10(2,21-4)8-18-7-9(11(13,14)15)19(5-6-20-3)12(18,16)17/h9H,5-8H2,1-4H3. The van der Waals surface area contributed by atoms with Crippen LogP contribution in [-0.2, 0) is 9.47 Å². The van der Waals surface area contributed by atoms with Crippen LogP contribution in [0.3, 0.4) is 0 Å². The fraction of sp³-hybridized carbons (Fsp3) is 1.00. The normalized spacial score (nSPS) is 24.7. The first-order valence-electron chi connectivity index (χ1n) is 6.46. The SMILES string of the molecule is COCCN1C(C(F)(F)F)CN(CC(C)(C)OC)C1(F)F. The molecule has 21 heavy (non-hydrogen) atoms. The van der Waals surface area contributed by atoms with Gasteiger partial charge in [-0.15, -0.1) is 0 Å². The van der Waals surface area contributed by atoms with Crippen LogP contribution < -0.4 is 0 Å². The molecule has 1 aliphatic rings. The molecule has 1 heterocycles. The molecule has 0 saturated carbocycles. The van der Waals surface area contributed by atoms with Crippen molar-refractivity contribution < 1.29 is 31.4 Å².